The summed E-state index contributed by atoms with van der Waals surface area (Å²) in [5.41, 5.74) is 8.97. The number of hydrogen-bond donors (Lipinski definition) is 0. The van der Waals surface area contributed by atoms with Gasteiger partial charge in [-0.25, -0.2) is 0 Å². The normalized spacial score (nSPS) is 11.8. The molecule has 2 aromatic heterocycles. The van der Waals surface area contributed by atoms with Crippen LogP contribution in [0.25, 0.3) is 76.5 Å². The predicted octanol–water partition coefficient (Wildman–Crippen LogP) is 12.9. The molecule has 0 radical (unpaired) electrons. The van der Waals surface area contributed by atoms with Crippen molar-refractivity contribution in [3.8, 4) is 11.1 Å². The molecule has 10 rings (SSSR count). The molecule has 3 nitrogen and oxygen atoms in total. The largest absolute Gasteiger partial charge is 0.456 e. The van der Waals surface area contributed by atoms with Gasteiger partial charge in [0.2, 0.25) is 0 Å². The standard InChI is InChI=1S/C44H27NO2/c1-2-10-31(11-3-1)45(33-24-21-30-18-17-28-9-4-5-12-34(28)38(30)27-33)32-22-19-29(20-23-32)35-14-8-16-40-42(35)43-41(46-40)26-25-37-36-13-6-7-15-39(36)47-44(37)43/h1-27H. The van der Waals surface area contributed by atoms with Crippen LogP contribution in [-0.4, -0.2) is 0 Å². The van der Waals surface area contributed by atoms with E-state index in [9.17, 15) is 0 Å². The molecule has 8 aromatic carbocycles. The monoisotopic (exact) mass is 601 g/mol. The number of hydrogen-bond acceptors (Lipinski definition) is 3. The first-order valence-electron chi connectivity index (χ1n) is 15.9. The van der Waals surface area contributed by atoms with Crippen molar-refractivity contribution in [2.75, 3.05) is 4.90 Å². The molecule has 10 aromatic rings. The highest BCUT2D eigenvalue weighted by Gasteiger charge is 2.20. The van der Waals surface area contributed by atoms with Gasteiger partial charge in [0.1, 0.15) is 22.3 Å². The van der Waals surface area contributed by atoms with Gasteiger partial charge in [-0.2, -0.15) is 0 Å². The number of furan rings is 2. The zero-order chi connectivity index (χ0) is 30.9. The minimum Gasteiger partial charge on any atom is -0.456 e. The molecule has 3 heteroatoms. The Morgan fingerprint density at radius 2 is 1.02 bits per heavy atom. The first-order valence-corrected chi connectivity index (χ1v) is 15.9. The Morgan fingerprint density at radius 3 is 1.89 bits per heavy atom. The molecule has 47 heavy (non-hydrogen) atoms. The summed E-state index contributed by atoms with van der Waals surface area (Å²) >= 11 is 0. The Hall–Kier alpha value is -6.32. The Kier molecular flexibility index (Phi) is 5.57. The lowest BCUT2D eigenvalue weighted by atomic mass is 9.98. The Balaban J connectivity index is 1.14. The van der Waals surface area contributed by atoms with E-state index in [2.05, 4.69) is 150 Å². The molecule has 0 unspecified atom stereocenters. The Morgan fingerprint density at radius 1 is 0.362 bits per heavy atom. The number of anilines is 3. The van der Waals surface area contributed by atoms with E-state index in [1.807, 2.05) is 18.2 Å². The van der Waals surface area contributed by atoms with Gasteiger partial charge in [0.25, 0.3) is 0 Å². The van der Waals surface area contributed by atoms with Crippen LogP contribution in [0.15, 0.2) is 173 Å². The van der Waals surface area contributed by atoms with E-state index in [1.54, 1.807) is 0 Å². The fraction of sp³-hybridized carbons (Fsp3) is 0. The molecule has 0 bridgehead atoms. The second kappa shape index (κ2) is 10.1. The minimum atomic E-state index is 0.828. The second-order valence-electron chi connectivity index (χ2n) is 12.1. The molecule has 0 aliphatic heterocycles. The molecule has 0 saturated heterocycles. The lowest BCUT2D eigenvalue weighted by Gasteiger charge is -2.26. The van der Waals surface area contributed by atoms with E-state index in [-0.39, 0.29) is 0 Å². The summed E-state index contributed by atoms with van der Waals surface area (Å²) in [5.74, 6) is 0. The van der Waals surface area contributed by atoms with Crippen molar-refractivity contribution in [3.05, 3.63) is 164 Å². The van der Waals surface area contributed by atoms with E-state index in [4.69, 9.17) is 8.83 Å². The maximum absolute atomic E-state index is 6.46. The molecule has 0 fully saturated rings. The number of nitrogens with zero attached hydrogens (tertiary/aromatic N) is 1. The number of rotatable bonds is 4. The third-order valence-corrected chi connectivity index (χ3v) is 9.44. The lowest BCUT2D eigenvalue weighted by molar-refractivity contribution is 0.663. The topological polar surface area (TPSA) is 29.5 Å². The molecule has 0 amide bonds. The van der Waals surface area contributed by atoms with Crippen molar-refractivity contribution in [1.29, 1.82) is 0 Å². The highest BCUT2D eigenvalue weighted by molar-refractivity contribution is 6.24. The molecule has 0 aliphatic rings. The molecule has 0 spiro atoms. The van der Waals surface area contributed by atoms with Crippen molar-refractivity contribution in [2.24, 2.45) is 0 Å². The van der Waals surface area contributed by atoms with Gasteiger partial charge >= 0.3 is 0 Å². The highest BCUT2D eigenvalue weighted by atomic mass is 16.3. The van der Waals surface area contributed by atoms with Crippen molar-refractivity contribution in [2.45, 2.75) is 0 Å². The fourth-order valence-corrected chi connectivity index (χ4v) is 7.27. The molecule has 0 atom stereocenters. The summed E-state index contributed by atoms with van der Waals surface area (Å²) in [4.78, 5) is 2.33. The number of fused-ring (bicyclic) bond motifs is 10. The summed E-state index contributed by atoms with van der Waals surface area (Å²) in [6, 6.07) is 57.9. The van der Waals surface area contributed by atoms with E-state index >= 15 is 0 Å². The molecular formula is C44H27NO2. The van der Waals surface area contributed by atoms with Gasteiger partial charge in [-0.3, -0.25) is 0 Å². The zero-order valence-electron chi connectivity index (χ0n) is 25.4. The lowest BCUT2D eigenvalue weighted by Crippen LogP contribution is -2.09. The molecule has 0 N–H and O–H groups in total. The van der Waals surface area contributed by atoms with E-state index in [0.717, 1.165) is 72.1 Å². The van der Waals surface area contributed by atoms with Crippen LogP contribution in [0.2, 0.25) is 0 Å². The van der Waals surface area contributed by atoms with Crippen LogP contribution in [0.3, 0.4) is 0 Å². The fourth-order valence-electron chi connectivity index (χ4n) is 7.27. The quantitative estimate of drug-likeness (QED) is 0.188. The van der Waals surface area contributed by atoms with Gasteiger partial charge < -0.3 is 13.7 Å². The van der Waals surface area contributed by atoms with Gasteiger partial charge in [-0.05, 0) is 93.3 Å². The molecular weight excluding hydrogens is 574 g/mol. The Labute approximate surface area is 270 Å². The predicted molar refractivity (Wildman–Crippen MR) is 196 cm³/mol. The molecule has 0 saturated carbocycles. The summed E-state index contributed by atoms with van der Waals surface area (Å²) in [5, 5.41) is 9.28. The zero-order valence-corrected chi connectivity index (χ0v) is 25.4. The average Bonchev–Trinajstić information content (AvgIpc) is 3.71. The summed E-state index contributed by atoms with van der Waals surface area (Å²) in [6.07, 6.45) is 0. The van der Waals surface area contributed by atoms with E-state index in [1.165, 1.54) is 21.5 Å². The van der Waals surface area contributed by atoms with Gasteiger partial charge in [0.05, 0.1) is 5.39 Å². The van der Waals surface area contributed by atoms with Crippen LogP contribution in [0, 0.1) is 0 Å². The minimum absolute atomic E-state index is 0.828. The molecule has 2 heterocycles. The Bertz CT molecular complexity index is 2790. The summed E-state index contributed by atoms with van der Waals surface area (Å²) in [7, 11) is 0. The summed E-state index contributed by atoms with van der Waals surface area (Å²) in [6.45, 7) is 0. The van der Waals surface area contributed by atoms with Crippen LogP contribution < -0.4 is 4.90 Å². The maximum Gasteiger partial charge on any atom is 0.147 e. The van der Waals surface area contributed by atoms with Gasteiger partial charge in [0, 0.05) is 33.2 Å². The maximum atomic E-state index is 6.46. The van der Waals surface area contributed by atoms with Crippen molar-refractivity contribution >= 4 is 82.5 Å². The van der Waals surface area contributed by atoms with Crippen molar-refractivity contribution < 1.29 is 8.83 Å². The van der Waals surface area contributed by atoms with Gasteiger partial charge in [-0.15, -0.1) is 0 Å². The first-order chi connectivity index (χ1) is 23.3. The van der Waals surface area contributed by atoms with Gasteiger partial charge in [-0.1, -0.05) is 103 Å². The number of para-hydroxylation sites is 2. The smallest absolute Gasteiger partial charge is 0.147 e. The highest BCUT2D eigenvalue weighted by Crippen LogP contribution is 2.44. The van der Waals surface area contributed by atoms with Crippen molar-refractivity contribution in [3.63, 3.8) is 0 Å². The third-order valence-electron chi connectivity index (χ3n) is 9.44. The summed E-state index contributed by atoms with van der Waals surface area (Å²) < 4.78 is 12.9. The van der Waals surface area contributed by atoms with Crippen LogP contribution in [0.5, 0.6) is 0 Å². The van der Waals surface area contributed by atoms with Crippen molar-refractivity contribution in [1.82, 2.24) is 0 Å². The molecule has 0 aliphatic carbocycles. The average molecular weight is 602 g/mol. The van der Waals surface area contributed by atoms with Crippen LogP contribution >= 0.6 is 0 Å². The molecule has 220 valence electrons. The first kappa shape index (κ1) is 26.0. The van der Waals surface area contributed by atoms with E-state index < -0.39 is 0 Å². The van der Waals surface area contributed by atoms with Crippen LogP contribution in [0.4, 0.5) is 17.1 Å². The second-order valence-corrected chi connectivity index (χ2v) is 12.1. The van der Waals surface area contributed by atoms with Crippen LogP contribution in [0.1, 0.15) is 0 Å². The van der Waals surface area contributed by atoms with Crippen LogP contribution in [-0.2, 0) is 0 Å². The third kappa shape index (κ3) is 4.00. The SMILES string of the molecule is c1ccc(N(c2ccc(-c3cccc4oc5ccc6c7ccccc7oc6c5c34)cc2)c2ccc3ccc4ccccc4c3c2)cc1. The number of benzene rings is 8. The van der Waals surface area contributed by atoms with Gasteiger partial charge in [0.15, 0.2) is 0 Å². The van der Waals surface area contributed by atoms with E-state index in [0.29, 0.717) is 0 Å².